The Hall–Kier alpha value is -5.66. The van der Waals surface area contributed by atoms with Gasteiger partial charge in [-0.3, -0.25) is 0 Å². The Balaban J connectivity index is 1.39. The minimum atomic E-state index is 0.908. The van der Waals surface area contributed by atoms with Gasteiger partial charge in [-0.15, -0.1) is 0 Å². The minimum absolute atomic E-state index is 0.908. The van der Waals surface area contributed by atoms with Crippen LogP contribution < -0.4 is 0 Å². The fourth-order valence-corrected chi connectivity index (χ4v) is 6.96. The van der Waals surface area contributed by atoms with Crippen molar-refractivity contribution in [3.63, 3.8) is 0 Å². The molecule has 9 aromatic rings. The normalized spacial score (nSPS) is 11.7. The minimum Gasteiger partial charge on any atom is -0.455 e. The van der Waals surface area contributed by atoms with Crippen LogP contribution in [0, 0.1) is 0 Å². The lowest BCUT2D eigenvalue weighted by molar-refractivity contribution is 0.673. The van der Waals surface area contributed by atoms with Gasteiger partial charge in [-0.1, -0.05) is 140 Å². The molecule has 0 N–H and O–H groups in total. The second-order valence-electron chi connectivity index (χ2n) is 11.2. The Morgan fingerprint density at radius 2 is 0.930 bits per heavy atom. The fraction of sp³-hybridized carbons (Fsp3) is 0. The third-order valence-electron chi connectivity index (χ3n) is 8.85. The van der Waals surface area contributed by atoms with Crippen molar-refractivity contribution in [2.24, 2.45) is 0 Å². The van der Waals surface area contributed by atoms with Gasteiger partial charge in [0.15, 0.2) is 0 Å². The van der Waals surface area contributed by atoms with Crippen molar-refractivity contribution in [1.29, 1.82) is 0 Å². The number of furan rings is 1. The van der Waals surface area contributed by atoms with E-state index in [1.165, 1.54) is 60.3 Å². The maximum Gasteiger partial charge on any atom is 0.143 e. The topological polar surface area (TPSA) is 13.1 Å². The lowest BCUT2D eigenvalue weighted by Crippen LogP contribution is -1.91. The van der Waals surface area contributed by atoms with Crippen LogP contribution in [-0.4, -0.2) is 0 Å². The van der Waals surface area contributed by atoms with Crippen LogP contribution in [0.1, 0.15) is 0 Å². The second-order valence-corrected chi connectivity index (χ2v) is 11.2. The van der Waals surface area contributed by atoms with E-state index < -0.39 is 0 Å². The quantitative estimate of drug-likeness (QED) is 0.201. The molecule has 1 aromatic heterocycles. The van der Waals surface area contributed by atoms with Gasteiger partial charge in [0.25, 0.3) is 0 Å². The zero-order valence-electron chi connectivity index (χ0n) is 23.4. The maximum atomic E-state index is 6.74. The molecule has 43 heavy (non-hydrogen) atoms. The van der Waals surface area contributed by atoms with E-state index in [2.05, 4.69) is 158 Å². The molecule has 0 saturated heterocycles. The van der Waals surface area contributed by atoms with Gasteiger partial charge in [-0.05, 0) is 78.5 Å². The van der Waals surface area contributed by atoms with Gasteiger partial charge in [-0.2, -0.15) is 0 Å². The summed E-state index contributed by atoms with van der Waals surface area (Å²) in [6.45, 7) is 0. The lowest BCUT2D eigenvalue weighted by atomic mass is 9.85. The molecule has 9 rings (SSSR count). The van der Waals surface area contributed by atoms with Crippen molar-refractivity contribution in [2.45, 2.75) is 0 Å². The molecule has 0 fully saturated rings. The van der Waals surface area contributed by atoms with Gasteiger partial charge < -0.3 is 4.42 Å². The molecule has 0 radical (unpaired) electrons. The van der Waals surface area contributed by atoms with Gasteiger partial charge >= 0.3 is 0 Å². The van der Waals surface area contributed by atoms with Crippen molar-refractivity contribution in [3.05, 3.63) is 158 Å². The second kappa shape index (κ2) is 9.44. The van der Waals surface area contributed by atoms with Crippen LogP contribution >= 0.6 is 0 Å². The van der Waals surface area contributed by atoms with Crippen LogP contribution in [0.25, 0.3) is 87.6 Å². The van der Waals surface area contributed by atoms with E-state index in [0.29, 0.717) is 0 Å². The van der Waals surface area contributed by atoms with Crippen LogP contribution in [0.4, 0.5) is 0 Å². The summed E-state index contributed by atoms with van der Waals surface area (Å²) in [6, 6.07) is 56.6. The molecule has 0 aliphatic heterocycles. The highest BCUT2D eigenvalue weighted by atomic mass is 16.3. The molecule has 0 spiro atoms. The Kier molecular flexibility index (Phi) is 5.27. The van der Waals surface area contributed by atoms with E-state index in [1.807, 2.05) is 0 Å². The smallest absolute Gasteiger partial charge is 0.143 e. The summed E-state index contributed by atoms with van der Waals surface area (Å²) in [5, 5.41) is 9.61. The van der Waals surface area contributed by atoms with Crippen molar-refractivity contribution < 1.29 is 4.42 Å². The van der Waals surface area contributed by atoms with E-state index >= 15 is 0 Å². The summed E-state index contributed by atoms with van der Waals surface area (Å²) in [5.41, 5.74) is 9.19. The molecule has 1 heterocycles. The van der Waals surface area contributed by atoms with Gasteiger partial charge in [0.05, 0.1) is 0 Å². The summed E-state index contributed by atoms with van der Waals surface area (Å²) < 4.78 is 6.74. The van der Waals surface area contributed by atoms with Crippen molar-refractivity contribution >= 4 is 54.3 Å². The lowest BCUT2D eigenvalue weighted by Gasteiger charge is -2.18. The third kappa shape index (κ3) is 3.65. The summed E-state index contributed by atoms with van der Waals surface area (Å²) in [5.74, 6) is 0. The molecule has 0 amide bonds. The zero-order valence-corrected chi connectivity index (χ0v) is 23.4. The average Bonchev–Trinajstić information content (AvgIpc) is 3.47. The van der Waals surface area contributed by atoms with Crippen LogP contribution in [0.5, 0.6) is 0 Å². The van der Waals surface area contributed by atoms with Gasteiger partial charge in [-0.25, -0.2) is 0 Å². The first-order chi connectivity index (χ1) is 21.3. The first-order valence-electron chi connectivity index (χ1n) is 14.8. The fourth-order valence-electron chi connectivity index (χ4n) is 6.96. The molecule has 0 bridgehead atoms. The maximum absolute atomic E-state index is 6.74. The van der Waals surface area contributed by atoms with Crippen LogP contribution in [0.15, 0.2) is 162 Å². The highest BCUT2D eigenvalue weighted by Gasteiger charge is 2.20. The highest BCUT2D eigenvalue weighted by molar-refractivity contribution is 6.27. The van der Waals surface area contributed by atoms with E-state index in [-0.39, 0.29) is 0 Å². The molecule has 0 unspecified atom stereocenters. The Morgan fingerprint density at radius 1 is 0.349 bits per heavy atom. The van der Waals surface area contributed by atoms with Crippen molar-refractivity contribution in [1.82, 2.24) is 0 Å². The molecule has 0 aliphatic rings. The van der Waals surface area contributed by atoms with Crippen LogP contribution in [0.2, 0.25) is 0 Å². The van der Waals surface area contributed by atoms with Crippen LogP contribution in [0.3, 0.4) is 0 Å². The van der Waals surface area contributed by atoms with Crippen molar-refractivity contribution in [2.75, 3.05) is 0 Å². The number of hydrogen-bond acceptors (Lipinski definition) is 1. The average molecular weight is 547 g/mol. The van der Waals surface area contributed by atoms with Crippen molar-refractivity contribution in [3.8, 4) is 33.4 Å². The predicted molar refractivity (Wildman–Crippen MR) is 183 cm³/mol. The zero-order chi connectivity index (χ0) is 28.3. The van der Waals surface area contributed by atoms with Gasteiger partial charge in [0.2, 0.25) is 0 Å². The number of benzene rings is 8. The Morgan fingerprint density at radius 3 is 1.60 bits per heavy atom. The third-order valence-corrected chi connectivity index (χ3v) is 8.85. The summed E-state index contributed by atoms with van der Waals surface area (Å²) in [6.07, 6.45) is 0. The van der Waals surface area contributed by atoms with Gasteiger partial charge in [0, 0.05) is 16.2 Å². The molecular weight excluding hydrogens is 520 g/mol. The largest absolute Gasteiger partial charge is 0.455 e. The van der Waals surface area contributed by atoms with E-state index in [0.717, 1.165) is 27.3 Å². The molecule has 200 valence electrons. The predicted octanol–water partition coefficient (Wildman–Crippen LogP) is 12.0. The van der Waals surface area contributed by atoms with E-state index in [9.17, 15) is 0 Å². The van der Waals surface area contributed by atoms with E-state index in [4.69, 9.17) is 4.42 Å². The Labute approximate surface area is 249 Å². The summed E-state index contributed by atoms with van der Waals surface area (Å²) >= 11 is 0. The number of hydrogen-bond donors (Lipinski definition) is 0. The summed E-state index contributed by atoms with van der Waals surface area (Å²) in [4.78, 5) is 0. The first kappa shape index (κ1) is 24.0. The van der Waals surface area contributed by atoms with Crippen LogP contribution in [-0.2, 0) is 0 Å². The molecule has 1 nitrogen and oxygen atoms in total. The highest BCUT2D eigenvalue weighted by Crippen LogP contribution is 2.47. The molecule has 8 aromatic carbocycles. The standard InChI is InChI=1S/C42H26O/c1-3-12-27(13-4-1)30-23-22-28-24-25-36-41-35(20-11-21-38(41)43-42(36)37(28)26-30)40-33-18-9-7-16-31(33)39(29-14-5-2-6-15-29)32-17-8-10-19-34(32)40/h1-26H. The first-order valence-corrected chi connectivity index (χ1v) is 14.8. The Bertz CT molecular complexity index is 2430. The monoisotopic (exact) mass is 546 g/mol. The molecule has 0 atom stereocenters. The number of fused-ring (bicyclic) bond motifs is 7. The SMILES string of the molecule is c1ccc(-c2ccc3ccc4c(oc5cccc(-c6c7ccccc7c(-c7ccccc7)c7ccccc67)c54)c3c2)cc1. The molecule has 0 aliphatic carbocycles. The summed E-state index contributed by atoms with van der Waals surface area (Å²) in [7, 11) is 0. The molecule has 1 heteroatoms. The molecular formula is C42H26O. The molecule has 0 saturated carbocycles. The van der Waals surface area contributed by atoms with E-state index in [1.54, 1.807) is 0 Å². The number of rotatable bonds is 3. The van der Waals surface area contributed by atoms with Gasteiger partial charge in [0.1, 0.15) is 11.2 Å².